The summed E-state index contributed by atoms with van der Waals surface area (Å²) in [6.07, 6.45) is 11.1. The molecule has 1 aliphatic heterocycles. The minimum absolute atomic E-state index is 0.0920. The number of carbonyl (C=O) groups is 1. The maximum atomic E-state index is 11.2. The van der Waals surface area contributed by atoms with Gasteiger partial charge in [0.05, 0.1) is 11.6 Å². The van der Waals surface area contributed by atoms with Crippen LogP contribution in [-0.4, -0.2) is 23.4 Å². The van der Waals surface area contributed by atoms with Crippen LogP contribution in [-0.2, 0) is 4.79 Å². The summed E-state index contributed by atoms with van der Waals surface area (Å²) < 4.78 is 0. The smallest absolute Gasteiger partial charge is 0.136 e. The van der Waals surface area contributed by atoms with Crippen molar-refractivity contribution >= 4 is 17.3 Å². The molecule has 2 aliphatic rings. The van der Waals surface area contributed by atoms with Gasteiger partial charge in [0.25, 0.3) is 0 Å². The zero-order chi connectivity index (χ0) is 15.9. The molecule has 22 heavy (non-hydrogen) atoms. The monoisotopic (exact) mass is 302 g/mol. The number of rotatable bonds is 5. The van der Waals surface area contributed by atoms with Crippen molar-refractivity contribution in [2.75, 3.05) is 0 Å². The summed E-state index contributed by atoms with van der Waals surface area (Å²) in [5.74, 6) is 0.793. The number of carbonyl (C=O) groups excluding carboxylic acids is 1. The second-order valence-electron chi connectivity index (χ2n) is 6.10. The van der Waals surface area contributed by atoms with Crippen LogP contribution in [0.5, 0.6) is 0 Å². The molecular weight excluding hydrogens is 276 g/mol. The summed E-state index contributed by atoms with van der Waals surface area (Å²) in [6, 6.07) is 0.311. The van der Waals surface area contributed by atoms with E-state index in [4.69, 9.17) is 16.1 Å². The van der Waals surface area contributed by atoms with Gasteiger partial charge in [0, 0.05) is 24.3 Å². The molecule has 4 N–H and O–H groups in total. The maximum absolute atomic E-state index is 11.2. The first kappa shape index (κ1) is 16.5. The van der Waals surface area contributed by atoms with Crippen LogP contribution in [0.3, 0.4) is 0 Å². The molecule has 0 spiro atoms. The van der Waals surface area contributed by atoms with E-state index < -0.39 is 0 Å². The molecule has 0 amide bonds. The third kappa shape index (κ3) is 4.55. The van der Waals surface area contributed by atoms with Crippen molar-refractivity contribution in [2.45, 2.75) is 64.3 Å². The van der Waals surface area contributed by atoms with Gasteiger partial charge in [-0.1, -0.05) is 25.3 Å². The Labute approximate surface area is 132 Å². The average molecular weight is 302 g/mol. The first-order valence-electron chi connectivity index (χ1n) is 8.13. The number of ketones is 1. The van der Waals surface area contributed by atoms with Gasteiger partial charge in [0.2, 0.25) is 0 Å². The summed E-state index contributed by atoms with van der Waals surface area (Å²) in [4.78, 5) is 16.0. The Morgan fingerprint density at radius 2 is 2.09 bits per heavy atom. The van der Waals surface area contributed by atoms with Crippen LogP contribution in [0.1, 0.15) is 58.3 Å². The number of hydrogen-bond donors (Lipinski definition) is 3. The fourth-order valence-electron chi connectivity index (χ4n) is 2.91. The highest BCUT2D eigenvalue weighted by atomic mass is 16.1. The van der Waals surface area contributed by atoms with Crippen molar-refractivity contribution in [2.24, 2.45) is 10.7 Å². The largest absolute Gasteiger partial charge is 0.401 e. The average Bonchev–Trinajstić information content (AvgIpc) is 2.67. The molecule has 0 aromatic rings. The van der Waals surface area contributed by atoms with Crippen LogP contribution in [0.25, 0.3) is 0 Å². The maximum Gasteiger partial charge on any atom is 0.136 e. The van der Waals surface area contributed by atoms with Crippen LogP contribution >= 0.6 is 0 Å². The molecule has 0 radical (unpaired) electrons. The van der Waals surface area contributed by atoms with Gasteiger partial charge in [-0.2, -0.15) is 0 Å². The normalized spacial score (nSPS) is 21.6. The summed E-state index contributed by atoms with van der Waals surface area (Å²) >= 11 is 0. The number of Topliss-reactive ketones (excluding diaryl/α,β-unsaturated/α-hetero) is 1. The van der Waals surface area contributed by atoms with Gasteiger partial charge in [0.1, 0.15) is 11.6 Å². The van der Waals surface area contributed by atoms with Gasteiger partial charge >= 0.3 is 0 Å². The van der Waals surface area contributed by atoms with Crippen molar-refractivity contribution in [3.05, 3.63) is 23.5 Å². The lowest BCUT2D eigenvalue weighted by molar-refractivity contribution is -0.116. The Morgan fingerprint density at radius 3 is 2.77 bits per heavy atom. The van der Waals surface area contributed by atoms with E-state index in [1.807, 2.05) is 12.3 Å². The van der Waals surface area contributed by atoms with Crippen LogP contribution in [0.2, 0.25) is 0 Å². The second kappa shape index (κ2) is 7.92. The number of amidine groups is 1. The van der Waals surface area contributed by atoms with Gasteiger partial charge < -0.3 is 21.3 Å². The molecule has 1 saturated carbocycles. The molecule has 1 fully saturated rings. The van der Waals surface area contributed by atoms with E-state index in [9.17, 15) is 4.79 Å². The molecule has 5 nitrogen and oxygen atoms in total. The summed E-state index contributed by atoms with van der Waals surface area (Å²) in [7, 11) is 0. The number of aliphatic imine (C=N–C) groups is 1. The van der Waals surface area contributed by atoms with Gasteiger partial charge in [-0.15, -0.1) is 0 Å². The summed E-state index contributed by atoms with van der Waals surface area (Å²) in [6.45, 7) is 1.55. The minimum Gasteiger partial charge on any atom is -0.401 e. The van der Waals surface area contributed by atoms with Gasteiger partial charge in [-0.3, -0.25) is 4.99 Å². The number of hydrogen-bond acceptors (Lipinski definition) is 4. The number of nitrogens with two attached hydrogens (primary N) is 1. The van der Waals surface area contributed by atoms with Crippen molar-refractivity contribution < 1.29 is 4.79 Å². The molecule has 0 saturated heterocycles. The summed E-state index contributed by atoms with van der Waals surface area (Å²) in [5, 5.41) is 11.5. The molecule has 5 heteroatoms. The lowest BCUT2D eigenvalue weighted by Gasteiger charge is -2.21. The van der Waals surface area contributed by atoms with Gasteiger partial charge in [-0.25, -0.2) is 0 Å². The van der Waals surface area contributed by atoms with Crippen LogP contribution in [0, 0.1) is 5.41 Å². The van der Waals surface area contributed by atoms with E-state index >= 15 is 0 Å². The van der Waals surface area contributed by atoms with E-state index in [0.29, 0.717) is 48.1 Å². The highest BCUT2D eigenvalue weighted by Gasteiger charge is 2.20. The molecule has 120 valence electrons. The fourth-order valence-corrected chi connectivity index (χ4v) is 2.91. The van der Waals surface area contributed by atoms with E-state index in [0.717, 1.165) is 12.8 Å². The van der Waals surface area contributed by atoms with Crippen molar-refractivity contribution in [3.8, 4) is 0 Å². The third-order valence-corrected chi connectivity index (χ3v) is 4.15. The third-order valence-electron chi connectivity index (χ3n) is 4.15. The number of nitrogens with zero attached hydrogens (tertiary/aromatic N) is 1. The topological polar surface area (TPSA) is 91.3 Å². The standard InChI is InChI=1S/C17H26N4O/c1-12(22)9-10-15(19)16-14(18)8-5-11-20-17(16)21-13-6-3-2-4-7-13/h5,11,13,19H,2-4,6-10,18H2,1H3,(H,20,21). The zero-order valence-electron chi connectivity index (χ0n) is 13.3. The van der Waals surface area contributed by atoms with E-state index in [1.54, 1.807) is 6.92 Å². The molecule has 0 aromatic carbocycles. The Bertz CT molecular complexity index is 525. The molecule has 0 bridgehead atoms. The quantitative estimate of drug-likeness (QED) is 0.682. The van der Waals surface area contributed by atoms with E-state index in [-0.39, 0.29) is 5.78 Å². The molecule has 0 aromatic heterocycles. The number of nitrogens with one attached hydrogen (secondary N) is 2. The Hall–Kier alpha value is -1.91. The zero-order valence-corrected chi connectivity index (χ0v) is 13.3. The minimum atomic E-state index is 0.0920. The Balaban J connectivity index is 2.21. The van der Waals surface area contributed by atoms with Crippen molar-refractivity contribution in [1.29, 1.82) is 5.41 Å². The molecular formula is C17H26N4O. The fraction of sp³-hybridized carbons (Fsp3) is 0.588. The summed E-state index contributed by atoms with van der Waals surface area (Å²) in [5.41, 5.74) is 7.91. The Morgan fingerprint density at radius 1 is 1.36 bits per heavy atom. The van der Waals surface area contributed by atoms with E-state index in [2.05, 4.69) is 5.32 Å². The van der Waals surface area contributed by atoms with Crippen LogP contribution in [0.15, 0.2) is 28.5 Å². The first-order chi connectivity index (χ1) is 10.6. The highest BCUT2D eigenvalue weighted by Crippen LogP contribution is 2.22. The molecule has 0 atom stereocenters. The lowest BCUT2D eigenvalue weighted by atomic mass is 9.95. The second-order valence-corrected chi connectivity index (χ2v) is 6.10. The van der Waals surface area contributed by atoms with Crippen LogP contribution < -0.4 is 11.1 Å². The molecule has 1 aliphatic carbocycles. The first-order valence-corrected chi connectivity index (χ1v) is 8.13. The molecule has 0 unspecified atom stereocenters. The lowest BCUT2D eigenvalue weighted by Crippen LogP contribution is -2.29. The highest BCUT2D eigenvalue weighted by molar-refractivity contribution is 6.23. The molecule has 2 rings (SSSR count). The van der Waals surface area contributed by atoms with Gasteiger partial charge in [-0.05, 0) is 32.4 Å². The Kier molecular flexibility index (Phi) is 5.92. The van der Waals surface area contributed by atoms with Gasteiger partial charge in [0.15, 0.2) is 0 Å². The van der Waals surface area contributed by atoms with E-state index in [1.165, 1.54) is 19.3 Å². The van der Waals surface area contributed by atoms with Crippen molar-refractivity contribution in [1.82, 2.24) is 5.32 Å². The number of allylic oxidation sites excluding steroid dienone is 1. The SMILES string of the molecule is CC(=O)CCC(=N)C1=C(N)CC=CNC1=NC1CCCCC1. The molecule has 1 heterocycles. The predicted molar refractivity (Wildman–Crippen MR) is 90.1 cm³/mol. The predicted octanol–water partition coefficient (Wildman–Crippen LogP) is 2.83. The van der Waals surface area contributed by atoms with Crippen molar-refractivity contribution in [3.63, 3.8) is 0 Å². The van der Waals surface area contributed by atoms with Crippen LogP contribution in [0.4, 0.5) is 0 Å².